The lowest BCUT2D eigenvalue weighted by Gasteiger charge is -2.46. The molecule has 3 aliphatic rings. The Balaban J connectivity index is 1.85. The molecule has 0 radical (unpaired) electrons. The highest BCUT2D eigenvalue weighted by atomic mass is 16.8. The van der Waals surface area contributed by atoms with Crippen LogP contribution in [0.3, 0.4) is 0 Å². The Hall–Kier alpha value is -0.820. The maximum atomic E-state index is 11.0. The molecule has 2 fully saturated rings. The zero-order valence-electron chi connectivity index (χ0n) is 14.5. The Bertz CT molecular complexity index is 563. The highest BCUT2D eigenvalue weighted by molar-refractivity contribution is 5.28. The summed E-state index contributed by atoms with van der Waals surface area (Å²) in [6.07, 6.45) is -9.04. The van der Waals surface area contributed by atoms with Crippen LogP contribution in [-0.2, 0) is 14.2 Å². The molecule has 3 rings (SSSR count). The van der Waals surface area contributed by atoms with E-state index >= 15 is 0 Å². The molecule has 150 valence electrons. The van der Waals surface area contributed by atoms with Crippen LogP contribution in [0.1, 0.15) is 20.3 Å². The van der Waals surface area contributed by atoms with Crippen molar-refractivity contribution in [3.05, 3.63) is 11.8 Å². The van der Waals surface area contributed by atoms with Gasteiger partial charge in [0.25, 0.3) is 0 Å². The van der Waals surface area contributed by atoms with E-state index in [-0.39, 0.29) is 6.42 Å². The monoisotopic (exact) mass is 378 g/mol. The van der Waals surface area contributed by atoms with Crippen molar-refractivity contribution >= 4 is 0 Å². The maximum Gasteiger partial charge on any atom is 0.210 e. The van der Waals surface area contributed by atoms with Gasteiger partial charge < -0.3 is 50.0 Å². The molecule has 2 heterocycles. The van der Waals surface area contributed by atoms with Crippen molar-refractivity contribution in [3.8, 4) is 0 Å². The molecule has 1 saturated carbocycles. The summed E-state index contributed by atoms with van der Waals surface area (Å²) in [5.41, 5.74) is -3.05. The number of aliphatic hydroxyl groups excluding tert-OH is 5. The molecule has 3 unspecified atom stereocenters. The lowest BCUT2D eigenvalue weighted by molar-refractivity contribution is -0.352. The summed E-state index contributed by atoms with van der Waals surface area (Å²) in [5, 5.41) is 70.9. The summed E-state index contributed by atoms with van der Waals surface area (Å²) in [6.45, 7) is 2.34. The number of hydrogen-bond acceptors (Lipinski definition) is 10. The lowest BCUT2D eigenvalue weighted by atomic mass is 9.77. The fourth-order valence-electron chi connectivity index (χ4n) is 4.13. The van der Waals surface area contributed by atoms with Crippen LogP contribution >= 0.6 is 0 Å². The van der Waals surface area contributed by atoms with E-state index in [1.807, 2.05) is 0 Å². The topological polar surface area (TPSA) is 169 Å². The molecule has 10 heteroatoms. The largest absolute Gasteiger partial charge is 0.472 e. The zero-order chi connectivity index (χ0) is 19.4. The second kappa shape index (κ2) is 6.66. The first-order valence-electron chi connectivity index (χ1n) is 8.45. The van der Waals surface area contributed by atoms with Crippen LogP contribution < -0.4 is 0 Å². The molecule has 10 atom stereocenters. The summed E-state index contributed by atoms with van der Waals surface area (Å²) >= 11 is 0. The Kier molecular flexibility index (Phi) is 5.10. The average Bonchev–Trinajstić information content (AvgIpc) is 2.77. The summed E-state index contributed by atoms with van der Waals surface area (Å²) in [6, 6.07) is 0. The van der Waals surface area contributed by atoms with Gasteiger partial charge in [-0.3, -0.25) is 0 Å². The van der Waals surface area contributed by atoms with Crippen molar-refractivity contribution in [2.45, 2.75) is 74.6 Å². The van der Waals surface area contributed by atoms with Crippen LogP contribution in [0, 0.1) is 5.92 Å². The van der Waals surface area contributed by atoms with Crippen molar-refractivity contribution in [2.75, 3.05) is 6.61 Å². The van der Waals surface area contributed by atoms with Crippen LogP contribution in [0.5, 0.6) is 0 Å². The minimum absolute atomic E-state index is 0.128. The first kappa shape index (κ1) is 19.9. The molecule has 0 spiro atoms. The molecule has 0 bridgehead atoms. The highest BCUT2D eigenvalue weighted by Gasteiger charge is 2.66. The molecule has 0 aromatic rings. The van der Waals surface area contributed by atoms with E-state index in [4.69, 9.17) is 14.2 Å². The van der Waals surface area contributed by atoms with E-state index in [1.54, 1.807) is 6.92 Å². The van der Waals surface area contributed by atoms with E-state index in [1.165, 1.54) is 13.2 Å². The average molecular weight is 378 g/mol. The van der Waals surface area contributed by atoms with Gasteiger partial charge in [-0.1, -0.05) is 0 Å². The zero-order valence-corrected chi connectivity index (χ0v) is 14.5. The molecule has 26 heavy (non-hydrogen) atoms. The second-order valence-electron chi connectivity index (χ2n) is 7.52. The van der Waals surface area contributed by atoms with Gasteiger partial charge >= 0.3 is 0 Å². The molecule has 1 saturated heterocycles. The van der Waals surface area contributed by atoms with Gasteiger partial charge in [-0.2, -0.15) is 0 Å². The molecule has 1 aliphatic carbocycles. The number of hydrogen-bond donors (Lipinski definition) is 7. The Morgan fingerprint density at radius 3 is 2.38 bits per heavy atom. The second-order valence-corrected chi connectivity index (χ2v) is 7.52. The van der Waals surface area contributed by atoms with Gasteiger partial charge in [0.2, 0.25) is 6.29 Å². The van der Waals surface area contributed by atoms with E-state index < -0.39 is 66.8 Å². The van der Waals surface area contributed by atoms with Crippen LogP contribution in [0.4, 0.5) is 0 Å². The van der Waals surface area contributed by atoms with Gasteiger partial charge in [0.1, 0.15) is 30.0 Å². The number of aliphatic hydroxyl groups is 7. The fraction of sp³-hybridized carbons (Fsp3) is 0.875. The predicted octanol–water partition coefficient (Wildman–Crippen LogP) is -3.07. The molecule has 10 nitrogen and oxygen atoms in total. The van der Waals surface area contributed by atoms with Gasteiger partial charge in [0.05, 0.1) is 30.5 Å². The van der Waals surface area contributed by atoms with E-state index in [0.29, 0.717) is 5.57 Å². The summed E-state index contributed by atoms with van der Waals surface area (Å²) in [5.74, 6) is -1.11. The first-order chi connectivity index (χ1) is 12.0. The van der Waals surface area contributed by atoms with Crippen LogP contribution in [0.2, 0.25) is 0 Å². The van der Waals surface area contributed by atoms with Gasteiger partial charge in [-0.25, -0.2) is 0 Å². The van der Waals surface area contributed by atoms with Gasteiger partial charge in [-0.05, 0) is 19.4 Å². The third-order valence-corrected chi connectivity index (χ3v) is 5.66. The van der Waals surface area contributed by atoms with Crippen molar-refractivity contribution in [3.63, 3.8) is 0 Å². The van der Waals surface area contributed by atoms with Crippen molar-refractivity contribution in [1.82, 2.24) is 0 Å². The van der Waals surface area contributed by atoms with Crippen LogP contribution in [0.25, 0.3) is 0 Å². The predicted molar refractivity (Wildman–Crippen MR) is 83.2 cm³/mol. The Morgan fingerprint density at radius 1 is 1.12 bits per heavy atom. The van der Waals surface area contributed by atoms with Gasteiger partial charge in [0, 0.05) is 6.42 Å². The quantitative estimate of drug-likeness (QED) is 0.267. The SMILES string of the molecule is CC1=COC(O[C@@H]2O[C@H](CO)[C@@H](O)[C@H](O)[C@H]2O)C2C1(O)[C@@H](O)C[C@@]2(C)O. The van der Waals surface area contributed by atoms with E-state index in [9.17, 15) is 35.7 Å². The van der Waals surface area contributed by atoms with Crippen LogP contribution in [0.15, 0.2) is 11.8 Å². The summed E-state index contributed by atoms with van der Waals surface area (Å²) in [4.78, 5) is 0. The third-order valence-electron chi connectivity index (χ3n) is 5.66. The summed E-state index contributed by atoms with van der Waals surface area (Å²) in [7, 11) is 0. The minimum atomic E-state index is -1.81. The fourth-order valence-corrected chi connectivity index (χ4v) is 4.13. The number of rotatable bonds is 3. The van der Waals surface area contributed by atoms with Gasteiger partial charge in [0.15, 0.2) is 6.29 Å². The van der Waals surface area contributed by atoms with E-state index in [2.05, 4.69) is 0 Å². The molecule has 0 amide bonds. The molecule has 7 N–H and O–H groups in total. The summed E-state index contributed by atoms with van der Waals surface area (Å²) < 4.78 is 16.3. The number of ether oxygens (including phenoxy) is 3. The third kappa shape index (κ3) is 2.86. The van der Waals surface area contributed by atoms with E-state index in [0.717, 1.165) is 0 Å². The Morgan fingerprint density at radius 2 is 1.77 bits per heavy atom. The van der Waals surface area contributed by atoms with Crippen molar-refractivity contribution in [1.29, 1.82) is 0 Å². The molecular formula is C16H26O10. The minimum Gasteiger partial charge on any atom is -0.472 e. The molecule has 0 aromatic carbocycles. The molecule has 2 aliphatic heterocycles. The molecular weight excluding hydrogens is 352 g/mol. The normalized spacial score (nSPS) is 54.4. The lowest BCUT2D eigenvalue weighted by Crippen LogP contribution is -2.62. The Labute approximate surface area is 149 Å². The first-order valence-corrected chi connectivity index (χ1v) is 8.45. The smallest absolute Gasteiger partial charge is 0.210 e. The highest BCUT2D eigenvalue weighted by Crippen LogP contribution is 2.52. The molecule has 0 aromatic heterocycles. The van der Waals surface area contributed by atoms with Gasteiger partial charge in [-0.15, -0.1) is 0 Å². The number of fused-ring (bicyclic) bond motifs is 1. The van der Waals surface area contributed by atoms with Crippen molar-refractivity contribution < 1.29 is 50.0 Å². The standard InChI is InChI=1S/C16H26O10/c1-6-5-24-14(12-15(2,22)3-8(18)16(6,12)23)26-13-11(21)10(20)9(19)7(4-17)25-13/h5,7-14,17-23H,3-4H2,1-2H3/t7-,8+,9-,10+,11-,12?,13+,14?,15-,16?/m1/s1. The van der Waals surface area contributed by atoms with Crippen molar-refractivity contribution in [2.24, 2.45) is 5.92 Å². The maximum absolute atomic E-state index is 11.0. The van der Waals surface area contributed by atoms with Crippen LogP contribution in [-0.4, -0.2) is 96.7 Å².